The molecule has 2 atom stereocenters. The average molecular weight is 296 g/mol. The zero-order valence-corrected chi connectivity index (χ0v) is 13.5. The van der Waals surface area contributed by atoms with Gasteiger partial charge in [-0.15, -0.1) is 0 Å². The van der Waals surface area contributed by atoms with E-state index in [2.05, 4.69) is 12.2 Å². The maximum absolute atomic E-state index is 12.9. The molecule has 2 unspecified atom stereocenters. The van der Waals surface area contributed by atoms with Gasteiger partial charge in [0.05, 0.1) is 6.61 Å². The smallest absolute Gasteiger partial charge is 0.248 e. The molecule has 1 heterocycles. The average Bonchev–Trinajstić information content (AvgIpc) is 3.25. The van der Waals surface area contributed by atoms with Crippen molar-refractivity contribution in [1.82, 2.24) is 10.2 Å². The minimum atomic E-state index is -0.717. The van der Waals surface area contributed by atoms with Crippen LogP contribution in [0.25, 0.3) is 0 Å². The van der Waals surface area contributed by atoms with Crippen LogP contribution in [0.3, 0.4) is 0 Å². The summed E-state index contributed by atoms with van der Waals surface area (Å²) < 4.78 is 5.59. The van der Waals surface area contributed by atoms with Crippen molar-refractivity contribution in [3.63, 3.8) is 0 Å². The standard InChI is InChI=1S/C16H28N2O3/c1-4-5-9-21-10-8-18-12(2)11-14(19)17-16(3,15(18)20)13-6-7-13/h12-13H,4-11H2,1-3H3,(H,17,19). The van der Waals surface area contributed by atoms with Crippen molar-refractivity contribution in [2.45, 2.75) is 64.5 Å². The lowest BCUT2D eigenvalue weighted by Crippen LogP contribution is -2.57. The first-order valence-corrected chi connectivity index (χ1v) is 8.19. The van der Waals surface area contributed by atoms with Gasteiger partial charge in [-0.3, -0.25) is 9.59 Å². The number of hydrogen-bond acceptors (Lipinski definition) is 3. The summed E-state index contributed by atoms with van der Waals surface area (Å²) in [4.78, 5) is 26.7. The fourth-order valence-corrected chi connectivity index (χ4v) is 3.04. The van der Waals surface area contributed by atoms with Crippen molar-refractivity contribution in [1.29, 1.82) is 0 Å². The molecule has 1 N–H and O–H groups in total. The molecule has 1 aliphatic carbocycles. The monoisotopic (exact) mass is 296 g/mol. The summed E-state index contributed by atoms with van der Waals surface area (Å²) in [5.41, 5.74) is -0.717. The minimum Gasteiger partial charge on any atom is -0.380 e. The van der Waals surface area contributed by atoms with Crippen LogP contribution in [0.15, 0.2) is 0 Å². The number of carbonyl (C=O) groups is 2. The van der Waals surface area contributed by atoms with Crippen molar-refractivity contribution in [2.75, 3.05) is 19.8 Å². The first kappa shape index (κ1) is 16.3. The van der Waals surface area contributed by atoms with Gasteiger partial charge in [-0.05, 0) is 39.0 Å². The fourth-order valence-electron chi connectivity index (χ4n) is 3.04. The van der Waals surface area contributed by atoms with Gasteiger partial charge in [0.1, 0.15) is 5.54 Å². The molecular weight excluding hydrogens is 268 g/mol. The van der Waals surface area contributed by atoms with Crippen molar-refractivity contribution in [2.24, 2.45) is 5.92 Å². The molecule has 21 heavy (non-hydrogen) atoms. The van der Waals surface area contributed by atoms with E-state index in [4.69, 9.17) is 4.74 Å². The molecule has 1 saturated heterocycles. The molecule has 5 nitrogen and oxygen atoms in total. The van der Waals surface area contributed by atoms with Crippen molar-refractivity contribution in [3.8, 4) is 0 Å². The largest absolute Gasteiger partial charge is 0.380 e. The number of nitrogens with zero attached hydrogens (tertiary/aromatic N) is 1. The number of rotatable bonds is 7. The van der Waals surface area contributed by atoms with Gasteiger partial charge in [0, 0.05) is 25.6 Å². The summed E-state index contributed by atoms with van der Waals surface area (Å²) >= 11 is 0. The first-order valence-electron chi connectivity index (χ1n) is 8.19. The van der Waals surface area contributed by atoms with E-state index in [0.29, 0.717) is 25.5 Å². The van der Waals surface area contributed by atoms with Crippen LogP contribution in [0.4, 0.5) is 0 Å². The number of amides is 2. The van der Waals surface area contributed by atoms with E-state index in [1.807, 2.05) is 18.7 Å². The predicted molar refractivity (Wildman–Crippen MR) is 80.8 cm³/mol. The molecule has 2 amide bonds. The topological polar surface area (TPSA) is 58.6 Å². The van der Waals surface area contributed by atoms with Crippen molar-refractivity contribution < 1.29 is 14.3 Å². The van der Waals surface area contributed by atoms with Gasteiger partial charge in [-0.25, -0.2) is 0 Å². The van der Waals surface area contributed by atoms with Crippen LogP contribution in [-0.2, 0) is 14.3 Å². The van der Waals surface area contributed by atoms with Gasteiger partial charge in [0.2, 0.25) is 11.8 Å². The van der Waals surface area contributed by atoms with E-state index < -0.39 is 5.54 Å². The van der Waals surface area contributed by atoms with Gasteiger partial charge >= 0.3 is 0 Å². The third-order valence-electron chi connectivity index (χ3n) is 4.63. The SMILES string of the molecule is CCCCOCCN1C(=O)C(C)(C2CC2)NC(=O)CC1C. The molecule has 0 aromatic rings. The van der Waals surface area contributed by atoms with Gasteiger partial charge in [-0.1, -0.05) is 13.3 Å². The van der Waals surface area contributed by atoms with Crippen LogP contribution in [0.5, 0.6) is 0 Å². The molecule has 2 rings (SSSR count). The van der Waals surface area contributed by atoms with E-state index in [0.717, 1.165) is 32.3 Å². The quantitative estimate of drug-likeness (QED) is 0.728. The number of unbranched alkanes of at least 4 members (excludes halogenated alkanes) is 1. The maximum atomic E-state index is 12.9. The Balaban J connectivity index is 1.99. The Morgan fingerprint density at radius 2 is 2.05 bits per heavy atom. The Morgan fingerprint density at radius 3 is 2.67 bits per heavy atom. The lowest BCUT2D eigenvalue weighted by molar-refractivity contribution is -0.141. The summed E-state index contributed by atoms with van der Waals surface area (Å²) in [5, 5.41) is 2.97. The first-order chi connectivity index (χ1) is 9.99. The summed E-state index contributed by atoms with van der Waals surface area (Å²) in [6, 6.07) is -0.0622. The highest BCUT2D eigenvalue weighted by atomic mass is 16.5. The molecular formula is C16H28N2O3. The predicted octanol–water partition coefficient (Wildman–Crippen LogP) is 1.71. The van der Waals surface area contributed by atoms with E-state index in [-0.39, 0.29) is 17.9 Å². The molecule has 120 valence electrons. The van der Waals surface area contributed by atoms with Crippen molar-refractivity contribution in [3.05, 3.63) is 0 Å². The van der Waals surface area contributed by atoms with Crippen molar-refractivity contribution >= 4 is 11.8 Å². The zero-order valence-electron chi connectivity index (χ0n) is 13.5. The zero-order chi connectivity index (χ0) is 15.5. The van der Waals surface area contributed by atoms with Crippen LogP contribution in [-0.4, -0.2) is 48.1 Å². The molecule has 0 bridgehead atoms. The number of hydrogen-bond donors (Lipinski definition) is 1. The van der Waals surface area contributed by atoms with Crippen LogP contribution < -0.4 is 5.32 Å². The Labute approximate surface area is 127 Å². The van der Waals surface area contributed by atoms with Gasteiger partial charge in [0.25, 0.3) is 0 Å². The van der Waals surface area contributed by atoms with Gasteiger partial charge < -0.3 is 15.0 Å². The van der Waals surface area contributed by atoms with Gasteiger partial charge in [0.15, 0.2) is 0 Å². The molecule has 2 fully saturated rings. The van der Waals surface area contributed by atoms with Crippen LogP contribution >= 0.6 is 0 Å². The second kappa shape index (κ2) is 6.77. The Morgan fingerprint density at radius 1 is 1.33 bits per heavy atom. The lowest BCUT2D eigenvalue weighted by Gasteiger charge is -2.34. The highest BCUT2D eigenvalue weighted by Gasteiger charge is 2.52. The molecule has 1 aliphatic heterocycles. The van der Waals surface area contributed by atoms with E-state index >= 15 is 0 Å². The van der Waals surface area contributed by atoms with Crippen LogP contribution in [0.1, 0.15) is 52.9 Å². The molecule has 0 aromatic heterocycles. The minimum absolute atomic E-state index is 0.0142. The van der Waals surface area contributed by atoms with Gasteiger partial charge in [-0.2, -0.15) is 0 Å². The normalized spacial score (nSPS) is 30.2. The summed E-state index contributed by atoms with van der Waals surface area (Å²) in [7, 11) is 0. The van der Waals surface area contributed by atoms with E-state index in [1.54, 1.807) is 0 Å². The lowest BCUT2D eigenvalue weighted by atomic mass is 9.94. The third kappa shape index (κ3) is 3.76. The molecule has 0 aromatic carbocycles. The second-order valence-corrected chi connectivity index (χ2v) is 6.54. The Hall–Kier alpha value is -1.10. The third-order valence-corrected chi connectivity index (χ3v) is 4.63. The molecule has 1 saturated carbocycles. The molecule has 2 aliphatic rings. The maximum Gasteiger partial charge on any atom is 0.248 e. The number of ether oxygens (including phenoxy) is 1. The Bertz CT molecular complexity index is 395. The molecule has 5 heteroatoms. The number of carbonyl (C=O) groups excluding carboxylic acids is 2. The van der Waals surface area contributed by atoms with Crippen LogP contribution in [0.2, 0.25) is 0 Å². The second-order valence-electron chi connectivity index (χ2n) is 6.54. The molecule has 0 spiro atoms. The fraction of sp³-hybridized carbons (Fsp3) is 0.875. The highest BCUT2D eigenvalue weighted by molar-refractivity contribution is 5.94. The summed E-state index contributed by atoms with van der Waals surface area (Å²) in [6.45, 7) is 7.81. The van der Waals surface area contributed by atoms with E-state index in [9.17, 15) is 9.59 Å². The van der Waals surface area contributed by atoms with Crippen LogP contribution in [0, 0.1) is 5.92 Å². The van der Waals surface area contributed by atoms with E-state index in [1.165, 1.54) is 0 Å². The number of nitrogens with one attached hydrogen (secondary N) is 1. The molecule has 0 radical (unpaired) electrons. The highest BCUT2D eigenvalue weighted by Crippen LogP contribution is 2.41. The summed E-state index contributed by atoms with van der Waals surface area (Å²) in [6.07, 6.45) is 4.58. The summed E-state index contributed by atoms with van der Waals surface area (Å²) in [5.74, 6) is 0.338. The Kier molecular flexibility index (Phi) is 5.25.